The molecule has 0 aromatic heterocycles. The third-order valence-electron chi connectivity index (χ3n) is 5.36. The number of hydrogen-bond acceptors (Lipinski definition) is 8. The van der Waals surface area contributed by atoms with E-state index in [-0.39, 0.29) is 28.7 Å². The molecule has 2 atom stereocenters. The van der Waals surface area contributed by atoms with Crippen LogP contribution in [0.3, 0.4) is 0 Å². The van der Waals surface area contributed by atoms with Gasteiger partial charge in [0.05, 0.1) is 31.8 Å². The second-order valence-corrected chi connectivity index (χ2v) is 11.0. The van der Waals surface area contributed by atoms with E-state index < -0.39 is 9.84 Å². The average Bonchev–Trinajstić information content (AvgIpc) is 3.26. The summed E-state index contributed by atoms with van der Waals surface area (Å²) in [5.41, 5.74) is 2.21. The highest BCUT2D eigenvalue weighted by Gasteiger charge is 2.42. The molecule has 0 unspecified atom stereocenters. The molecule has 2 aromatic carbocycles. The lowest BCUT2D eigenvalue weighted by Crippen LogP contribution is -2.26. The van der Waals surface area contributed by atoms with E-state index in [2.05, 4.69) is 15.6 Å². The van der Waals surface area contributed by atoms with Gasteiger partial charge in [-0.1, -0.05) is 17.8 Å². The molecule has 32 heavy (non-hydrogen) atoms. The van der Waals surface area contributed by atoms with Gasteiger partial charge >= 0.3 is 0 Å². The molecule has 1 fully saturated rings. The summed E-state index contributed by atoms with van der Waals surface area (Å²) >= 11 is 1.45. The zero-order valence-corrected chi connectivity index (χ0v) is 19.5. The summed E-state index contributed by atoms with van der Waals surface area (Å²) in [6.45, 7) is 0.445. The summed E-state index contributed by atoms with van der Waals surface area (Å²) in [5.74, 6) is 1.58. The van der Waals surface area contributed by atoms with Crippen LogP contribution in [0.5, 0.6) is 11.5 Å². The molecule has 10 heteroatoms. The van der Waals surface area contributed by atoms with Crippen molar-refractivity contribution >= 4 is 38.4 Å². The fourth-order valence-corrected chi connectivity index (χ4v) is 7.44. The fraction of sp³-hybridized carbons (Fsp3) is 0.364. The lowest BCUT2D eigenvalue weighted by atomic mass is 10.1. The first-order chi connectivity index (χ1) is 15.4. The quantitative estimate of drug-likeness (QED) is 0.633. The molecule has 0 saturated carbocycles. The van der Waals surface area contributed by atoms with Crippen LogP contribution in [-0.4, -0.2) is 63.1 Å². The number of carbonyl (C=O) groups is 1. The van der Waals surface area contributed by atoms with Gasteiger partial charge in [-0.3, -0.25) is 9.79 Å². The number of nitrogens with zero attached hydrogens (tertiary/aromatic N) is 1. The number of fused-ring (bicyclic) bond motifs is 1. The zero-order chi connectivity index (χ0) is 22.7. The maximum Gasteiger partial charge on any atom is 0.251 e. The third kappa shape index (κ3) is 5.18. The maximum absolute atomic E-state index is 12.6. The van der Waals surface area contributed by atoms with Crippen LogP contribution < -0.4 is 20.1 Å². The second-order valence-electron chi connectivity index (χ2n) is 7.62. The topological polar surface area (TPSA) is 106 Å². The van der Waals surface area contributed by atoms with Crippen molar-refractivity contribution in [1.29, 1.82) is 0 Å². The van der Waals surface area contributed by atoms with Crippen molar-refractivity contribution in [3.8, 4) is 11.5 Å². The number of thioether (sulfide) groups is 1. The molecule has 1 amide bonds. The van der Waals surface area contributed by atoms with Gasteiger partial charge in [0.2, 0.25) is 0 Å². The minimum Gasteiger partial charge on any atom is -0.497 e. The van der Waals surface area contributed by atoms with Crippen LogP contribution in [0.15, 0.2) is 47.5 Å². The predicted molar refractivity (Wildman–Crippen MR) is 127 cm³/mol. The Morgan fingerprint density at radius 2 is 2.00 bits per heavy atom. The summed E-state index contributed by atoms with van der Waals surface area (Å²) < 4.78 is 34.1. The van der Waals surface area contributed by atoms with Gasteiger partial charge in [-0.05, 0) is 48.4 Å². The summed E-state index contributed by atoms with van der Waals surface area (Å²) in [4.78, 5) is 17.1. The third-order valence-corrected chi connectivity index (χ3v) is 8.50. The van der Waals surface area contributed by atoms with Crippen molar-refractivity contribution in [2.24, 2.45) is 4.99 Å². The number of methoxy groups -OCH3 is 2. The Labute approximate surface area is 191 Å². The molecule has 0 spiro atoms. The van der Waals surface area contributed by atoms with Gasteiger partial charge < -0.3 is 20.1 Å². The monoisotopic (exact) mass is 475 g/mol. The average molecular weight is 476 g/mol. The zero-order valence-electron chi connectivity index (χ0n) is 17.8. The number of aliphatic imine (C=N–C) groups is 1. The van der Waals surface area contributed by atoms with Gasteiger partial charge in [0.15, 0.2) is 15.0 Å². The van der Waals surface area contributed by atoms with Crippen LogP contribution in [0.1, 0.15) is 15.9 Å². The van der Waals surface area contributed by atoms with Gasteiger partial charge in [-0.2, -0.15) is 0 Å². The van der Waals surface area contributed by atoms with Gasteiger partial charge in [0.25, 0.3) is 5.91 Å². The molecule has 1 saturated heterocycles. The molecule has 0 bridgehead atoms. The number of ether oxygens (including phenoxy) is 2. The molecule has 4 rings (SSSR count). The van der Waals surface area contributed by atoms with Crippen LogP contribution in [-0.2, 0) is 16.3 Å². The highest BCUT2D eigenvalue weighted by molar-refractivity contribution is 8.15. The molecular weight excluding hydrogens is 450 g/mol. The van der Waals surface area contributed by atoms with Crippen LogP contribution in [0.4, 0.5) is 5.69 Å². The summed E-state index contributed by atoms with van der Waals surface area (Å²) in [6, 6.07) is 12.5. The number of amides is 1. The number of carbonyl (C=O) groups excluding carboxylic acids is 1. The molecule has 2 aliphatic heterocycles. The number of nitrogens with one attached hydrogen (secondary N) is 2. The number of sulfone groups is 1. The first-order valence-corrected chi connectivity index (χ1v) is 12.9. The Morgan fingerprint density at radius 3 is 2.75 bits per heavy atom. The molecule has 2 heterocycles. The Kier molecular flexibility index (Phi) is 6.61. The van der Waals surface area contributed by atoms with E-state index in [0.29, 0.717) is 23.7 Å². The van der Waals surface area contributed by atoms with Crippen LogP contribution in [0, 0.1) is 0 Å². The molecule has 0 radical (unpaired) electrons. The summed E-state index contributed by atoms with van der Waals surface area (Å²) in [7, 11) is 0.241. The number of anilines is 1. The first kappa shape index (κ1) is 22.5. The van der Waals surface area contributed by atoms with Crippen molar-refractivity contribution in [2.75, 3.05) is 37.6 Å². The first-order valence-electron chi connectivity index (χ1n) is 10.2. The van der Waals surface area contributed by atoms with Crippen molar-refractivity contribution < 1.29 is 22.7 Å². The Bertz CT molecular complexity index is 1150. The molecule has 2 aromatic rings. The van der Waals surface area contributed by atoms with Crippen molar-refractivity contribution in [3.63, 3.8) is 0 Å². The molecule has 2 aliphatic rings. The van der Waals surface area contributed by atoms with E-state index in [9.17, 15) is 13.2 Å². The molecule has 170 valence electrons. The minimum atomic E-state index is -2.98. The Hall–Kier alpha value is -2.72. The smallest absolute Gasteiger partial charge is 0.251 e. The minimum absolute atomic E-state index is 0.0254. The van der Waals surface area contributed by atoms with Gasteiger partial charge in [-0.25, -0.2) is 8.42 Å². The van der Waals surface area contributed by atoms with Crippen LogP contribution in [0.2, 0.25) is 0 Å². The number of hydrogen-bond donors (Lipinski definition) is 2. The molecular formula is C22H25N3O5S2. The standard InChI is InChI=1S/C22H25N3O5S2/c1-29-17-6-7-19(30-2)14(11-17)8-9-23-21(26)15-4-3-5-16(10-15)24-22-25-18-12-32(27,28)13-20(18)31-22/h3-7,10-11,18,20H,8-9,12-13H2,1-2H3,(H,23,26)(H,24,25)/t18-,20+/m0/s1. The lowest BCUT2D eigenvalue weighted by Gasteiger charge is -2.12. The van der Waals surface area contributed by atoms with Crippen molar-refractivity contribution in [3.05, 3.63) is 53.6 Å². The fourth-order valence-electron chi connectivity index (χ4n) is 3.77. The van der Waals surface area contributed by atoms with Crippen LogP contribution in [0.25, 0.3) is 0 Å². The summed E-state index contributed by atoms with van der Waals surface area (Å²) in [6.07, 6.45) is 0.600. The Morgan fingerprint density at radius 1 is 1.16 bits per heavy atom. The van der Waals surface area contributed by atoms with Crippen molar-refractivity contribution in [1.82, 2.24) is 5.32 Å². The largest absolute Gasteiger partial charge is 0.497 e. The number of benzene rings is 2. The lowest BCUT2D eigenvalue weighted by molar-refractivity contribution is 0.0954. The normalized spacial score (nSPS) is 20.9. The van der Waals surface area contributed by atoms with E-state index >= 15 is 0 Å². The van der Waals surface area contributed by atoms with E-state index in [0.717, 1.165) is 22.7 Å². The van der Waals surface area contributed by atoms with Crippen molar-refractivity contribution in [2.45, 2.75) is 17.7 Å². The van der Waals surface area contributed by atoms with E-state index in [1.165, 1.54) is 11.8 Å². The second kappa shape index (κ2) is 9.41. The molecule has 2 N–H and O–H groups in total. The van der Waals surface area contributed by atoms with Gasteiger partial charge in [0, 0.05) is 23.0 Å². The SMILES string of the molecule is COc1ccc(OC)c(CCNC(=O)c2cccc(NC3=N[C@H]4CS(=O)(=O)C[C@H]4S3)c2)c1. The number of rotatable bonds is 7. The van der Waals surface area contributed by atoms with E-state index in [4.69, 9.17) is 9.47 Å². The Balaban J connectivity index is 1.34. The van der Waals surface area contributed by atoms with Gasteiger partial charge in [-0.15, -0.1) is 0 Å². The number of amidine groups is 1. The van der Waals surface area contributed by atoms with E-state index in [1.807, 2.05) is 24.3 Å². The highest BCUT2D eigenvalue weighted by Crippen LogP contribution is 2.34. The summed E-state index contributed by atoms with van der Waals surface area (Å²) in [5, 5.41) is 6.81. The molecule has 8 nitrogen and oxygen atoms in total. The predicted octanol–water partition coefficient (Wildman–Crippen LogP) is 2.36. The van der Waals surface area contributed by atoms with E-state index in [1.54, 1.807) is 32.4 Å². The molecule has 0 aliphatic carbocycles. The highest BCUT2D eigenvalue weighted by atomic mass is 32.2. The maximum atomic E-state index is 12.6. The van der Waals surface area contributed by atoms with Gasteiger partial charge in [0.1, 0.15) is 11.5 Å². The van der Waals surface area contributed by atoms with Crippen LogP contribution >= 0.6 is 11.8 Å².